The molecule has 0 aliphatic heterocycles. The molecule has 18 heavy (non-hydrogen) atoms. The van der Waals surface area contributed by atoms with Crippen LogP contribution in [0.15, 0.2) is 30.5 Å². The average Bonchev–Trinajstić information content (AvgIpc) is 2.37. The van der Waals surface area contributed by atoms with E-state index in [2.05, 4.69) is 11.6 Å². The summed E-state index contributed by atoms with van der Waals surface area (Å²) in [5.74, 6) is -1.23. The molecule has 0 saturated carbocycles. The third-order valence-electron chi connectivity index (χ3n) is 2.28. The maximum absolute atomic E-state index is 12.1. The molecule has 0 aliphatic rings. The van der Waals surface area contributed by atoms with E-state index in [1.165, 1.54) is 6.20 Å². The first-order valence-electron chi connectivity index (χ1n) is 5.52. The van der Waals surface area contributed by atoms with Crippen LogP contribution in [-0.4, -0.2) is 37.4 Å². The van der Waals surface area contributed by atoms with E-state index in [1.54, 1.807) is 38.1 Å². The second kappa shape index (κ2) is 5.95. The molecule has 0 aromatic carbocycles. The number of carbonyl (C=O) groups excluding carboxylic acids is 2. The fourth-order valence-corrected chi connectivity index (χ4v) is 1.39. The van der Waals surface area contributed by atoms with Crippen LogP contribution in [0.4, 0.5) is 5.69 Å². The van der Waals surface area contributed by atoms with Gasteiger partial charge in [0.25, 0.3) is 0 Å². The van der Waals surface area contributed by atoms with Crippen molar-refractivity contribution in [3.8, 4) is 0 Å². The van der Waals surface area contributed by atoms with E-state index in [1.807, 2.05) is 0 Å². The molecule has 0 radical (unpaired) electrons. The monoisotopic (exact) mass is 248 g/mol. The van der Waals surface area contributed by atoms with E-state index in [9.17, 15) is 9.59 Å². The van der Waals surface area contributed by atoms with Gasteiger partial charge in [0, 0.05) is 20.3 Å². The fourth-order valence-electron chi connectivity index (χ4n) is 1.39. The summed E-state index contributed by atoms with van der Waals surface area (Å²) < 4.78 is 4.75. The van der Waals surface area contributed by atoms with Gasteiger partial charge < -0.3 is 9.64 Å². The Morgan fingerprint density at radius 2 is 2.11 bits per heavy atom. The molecule has 0 atom stereocenters. The summed E-state index contributed by atoms with van der Waals surface area (Å²) >= 11 is 0. The Labute approximate surface area is 106 Å². The Morgan fingerprint density at radius 3 is 2.67 bits per heavy atom. The van der Waals surface area contributed by atoms with Crippen molar-refractivity contribution in [1.82, 2.24) is 4.98 Å². The molecular formula is C13H16N2O3. The predicted molar refractivity (Wildman–Crippen MR) is 68.7 cm³/mol. The van der Waals surface area contributed by atoms with Gasteiger partial charge in [-0.2, -0.15) is 0 Å². The highest BCUT2D eigenvalue weighted by molar-refractivity contribution is 6.24. The van der Waals surface area contributed by atoms with Gasteiger partial charge in [0.1, 0.15) is 11.3 Å². The standard InChI is InChI=1S/C13H16N2O3/c1-5-18-13(17)9(2)12(16)11-10(15(3)4)7-6-8-14-11/h6-8H,2,5H2,1,3-4H3. The lowest BCUT2D eigenvalue weighted by molar-refractivity contribution is -0.138. The van der Waals surface area contributed by atoms with E-state index < -0.39 is 11.8 Å². The zero-order valence-electron chi connectivity index (χ0n) is 10.8. The molecule has 96 valence electrons. The van der Waals surface area contributed by atoms with Gasteiger partial charge in [0.15, 0.2) is 0 Å². The van der Waals surface area contributed by atoms with Gasteiger partial charge in [0.2, 0.25) is 5.78 Å². The van der Waals surface area contributed by atoms with Crippen molar-refractivity contribution < 1.29 is 14.3 Å². The van der Waals surface area contributed by atoms with Gasteiger partial charge in [-0.3, -0.25) is 9.78 Å². The lowest BCUT2D eigenvalue weighted by atomic mass is 10.1. The van der Waals surface area contributed by atoms with Gasteiger partial charge >= 0.3 is 5.97 Å². The van der Waals surface area contributed by atoms with Crippen molar-refractivity contribution in [2.24, 2.45) is 0 Å². The van der Waals surface area contributed by atoms with E-state index in [0.717, 1.165) is 0 Å². The highest BCUT2D eigenvalue weighted by atomic mass is 16.5. The number of esters is 1. The Hall–Kier alpha value is -2.17. The summed E-state index contributed by atoms with van der Waals surface area (Å²) in [6, 6.07) is 3.47. The molecule has 1 aromatic heterocycles. The molecule has 1 heterocycles. The molecule has 5 nitrogen and oxygen atoms in total. The van der Waals surface area contributed by atoms with Gasteiger partial charge in [0.05, 0.1) is 12.3 Å². The Morgan fingerprint density at radius 1 is 1.44 bits per heavy atom. The molecule has 1 aromatic rings. The number of anilines is 1. The van der Waals surface area contributed by atoms with Crippen LogP contribution < -0.4 is 4.90 Å². The minimum Gasteiger partial charge on any atom is -0.462 e. The molecule has 0 unspecified atom stereocenters. The lowest BCUT2D eigenvalue weighted by Gasteiger charge is -2.15. The molecule has 0 aliphatic carbocycles. The van der Waals surface area contributed by atoms with Crippen LogP contribution in [-0.2, 0) is 9.53 Å². The summed E-state index contributed by atoms with van der Waals surface area (Å²) in [7, 11) is 3.59. The molecule has 5 heteroatoms. The lowest BCUT2D eigenvalue weighted by Crippen LogP contribution is -2.20. The van der Waals surface area contributed by atoms with Gasteiger partial charge in [-0.1, -0.05) is 6.58 Å². The van der Waals surface area contributed by atoms with Crippen molar-refractivity contribution >= 4 is 17.4 Å². The number of carbonyl (C=O) groups is 2. The topological polar surface area (TPSA) is 59.5 Å². The maximum Gasteiger partial charge on any atom is 0.341 e. The number of nitrogens with zero attached hydrogens (tertiary/aromatic N) is 2. The van der Waals surface area contributed by atoms with Crippen LogP contribution in [0, 0.1) is 0 Å². The third kappa shape index (κ3) is 2.94. The Kier molecular flexibility index (Phi) is 4.59. The quantitative estimate of drug-likeness (QED) is 0.259. The predicted octanol–water partition coefficient (Wildman–Crippen LogP) is 1.45. The van der Waals surface area contributed by atoms with Crippen LogP contribution >= 0.6 is 0 Å². The van der Waals surface area contributed by atoms with Gasteiger partial charge in [-0.25, -0.2) is 4.79 Å². The first-order chi connectivity index (χ1) is 8.49. The molecule has 0 fully saturated rings. The number of ketones is 1. The van der Waals surface area contributed by atoms with E-state index in [0.29, 0.717) is 5.69 Å². The minimum atomic E-state index is -0.710. The van der Waals surface area contributed by atoms with Crippen molar-refractivity contribution in [3.63, 3.8) is 0 Å². The molecule has 0 spiro atoms. The smallest absolute Gasteiger partial charge is 0.341 e. The Bertz CT molecular complexity index is 481. The second-order valence-corrected chi connectivity index (χ2v) is 3.79. The number of hydrogen-bond acceptors (Lipinski definition) is 5. The van der Waals surface area contributed by atoms with E-state index in [4.69, 9.17) is 4.74 Å². The van der Waals surface area contributed by atoms with Gasteiger partial charge in [-0.15, -0.1) is 0 Å². The summed E-state index contributed by atoms with van der Waals surface area (Å²) in [6.07, 6.45) is 1.50. The number of ether oxygens (including phenoxy) is 1. The number of aromatic nitrogens is 1. The summed E-state index contributed by atoms with van der Waals surface area (Å²) in [5.41, 5.74) is 0.618. The average molecular weight is 248 g/mol. The normalized spacial score (nSPS) is 9.72. The number of Topliss-reactive ketones (excluding diaryl/α,β-unsaturated/α-hetero) is 1. The van der Waals surface area contributed by atoms with Crippen molar-refractivity contribution in [1.29, 1.82) is 0 Å². The van der Waals surface area contributed by atoms with Crippen LogP contribution in [0.5, 0.6) is 0 Å². The van der Waals surface area contributed by atoms with E-state index in [-0.39, 0.29) is 17.9 Å². The second-order valence-electron chi connectivity index (χ2n) is 3.79. The maximum atomic E-state index is 12.1. The highest BCUT2D eigenvalue weighted by Gasteiger charge is 2.22. The van der Waals surface area contributed by atoms with Crippen LogP contribution in [0.3, 0.4) is 0 Å². The summed E-state index contributed by atoms with van der Waals surface area (Å²) in [4.78, 5) is 29.3. The largest absolute Gasteiger partial charge is 0.462 e. The fraction of sp³-hybridized carbons (Fsp3) is 0.308. The number of pyridine rings is 1. The van der Waals surface area contributed by atoms with Crippen molar-refractivity contribution in [2.75, 3.05) is 25.6 Å². The summed E-state index contributed by atoms with van der Waals surface area (Å²) in [6.45, 7) is 5.34. The zero-order chi connectivity index (χ0) is 13.7. The Balaban J connectivity index is 3.04. The van der Waals surface area contributed by atoms with Crippen LogP contribution in [0.2, 0.25) is 0 Å². The first kappa shape index (κ1) is 13.9. The van der Waals surface area contributed by atoms with Gasteiger partial charge in [-0.05, 0) is 19.1 Å². The van der Waals surface area contributed by atoms with Crippen molar-refractivity contribution in [3.05, 3.63) is 36.2 Å². The molecular weight excluding hydrogens is 232 g/mol. The van der Waals surface area contributed by atoms with E-state index >= 15 is 0 Å². The number of hydrogen-bond donors (Lipinski definition) is 0. The van der Waals surface area contributed by atoms with Crippen molar-refractivity contribution in [2.45, 2.75) is 6.92 Å². The van der Waals surface area contributed by atoms with Crippen LogP contribution in [0.25, 0.3) is 0 Å². The zero-order valence-corrected chi connectivity index (χ0v) is 10.8. The first-order valence-corrected chi connectivity index (χ1v) is 5.52. The molecule has 0 saturated heterocycles. The number of rotatable bonds is 5. The van der Waals surface area contributed by atoms with Crippen LogP contribution in [0.1, 0.15) is 17.4 Å². The molecule has 0 N–H and O–H groups in total. The molecule has 0 amide bonds. The highest BCUT2D eigenvalue weighted by Crippen LogP contribution is 2.18. The minimum absolute atomic E-state index is 0.195. The molecule has 1 rings (SSSR count). The third-order valence-corrected chi connectivity index (χ3v) is 2.28. The SMILES string of the molecule is C=C(C(=O)OCC)C(=O)c1ncccc1N(C)C. The summed E-state index contributed by atoms with van der Waals surface area (Å²) in [5, 5.41) is 0. The molecule has 0 bridgehead atoms.